The lowest BCUT2D eigenvalue weighted by Crippen LogP contribution is -2.22. The highest BCUT2D eigenvalue weighted by molar-refractivity contribution is 6.31. The smallest absolute Gasteiger partial charge is 0.332 e. The highest BCUT2D eigenvalue weighted by Crippen LogP contribution is 2.20. The van der Waals surface area contributed by atoms with E-state index in [1.165, 1.54) is 25.3 Å². The van der Waals surface area contributed by atoms with E-state index in [2.05, 4.69) is 14.8 Å². The van der Waals surface area contributed by atoms with Gasteiger partial charge in [0.2, 0.25) is 0 Å². The van der Waals surface area contributed by atoms with E-state index in [-0.39, 0.29) is 17.9 Å². The summed E-state index contributed by atoms with van der Waals surface area (Å²) in [5.41, 5.74) is 0.531. The number of carbonyl (C=O) groups is 2. The third-order valence-electron chi connectivity index (χ3n) is 2.00. The second-order valence-electron chi connectivity index (χ2n) is 3.44. The number of hydrogen-bond donors (Lipinski definition) is 1. The van der Waals surface area contributed by atoms with Gasteiger partial charge < -0.3 is 14.8 Å². The molecule has 1 aromatic carbocycles. The zero-order chi connectivity index (χ0) is 14.3. The van der Waals surface area contributed by atoms with Crippen LogP contribution in [0.3, 0.4) is 0 Å². The fraction of sp³-hybridized carbons (Fsp3) is 0.250. The second-order valence-corrected chi connectivity index (χ2v) is 3.88. The predicted molar refractivity (Wildman–Crippen MR) is 67.6 cm³/mol. The third kappa shape index (κ3) is 4.95. The van der Waals surface area contributed by atoms with Gasteiger partial charge in [0.25, 0.3) is 5.91 Å². The van der Waals surface area contributed by atoms with Crippen molar-refractivity contribution >= 4 is 29.2 Å². The molecule has 100 valence electrons. The Hall–Kier alpha value is -2.10. The SMILES string of the molecule is COCC(=O)OCC(=O)Nc1cc(Cl)ccc1C#N. The number of ether oxygens (including phenoxy) is 2. The molecule has 0 saturated heterocycles. The molecule has 0 saturated carbocycles. The Morgan fingerprint density at radius 2 is 2.16 bits per heavy atom. The van der Waals surface area contributed by atoms with Crippen LogP contribution in [0.5, 0.6) is 0 Å². The summed E-state index contributed by atoms with van der Waals surface area (Å²) in [7, 11) is 1.34. The van der Waals surface area contributed by atoms with E-state index < -0.39 is 18.5 Å². The van der Waals surface area contributed by atoms with Crippen molar-refractivity contribution in [3.05, 3.63) is 28.8 Å². The highest BCUT2D eigenvalue weighted by Gasteiger charge is 2.10. The number of rotatable bonds is 5. The number of halogens is 1. The molecule has 1 amide bonds. The van der Waals surface area contributed by atoms with Gasteiger partial charge >= 0.3 is 5.97 Å². The Kier molecular flexibility index (Phi) is 5.79. The maximum Gasteiger partial charge on any atom is 0.332 e. The molecule has 0 heterocycles. The normalized spacial score (nSPS) is 9.53. The van der Waals surface area contributed by atoms with E-state index in [0.29, 0.717) is 5.02 Å². The monoisotopic (exact) mass is 282 g/mol. The molecule has 0 fully saturated rings. The lowest BCUT2D eigenvalue weighted by Gasteiger charge is -2.08. The fourth-order valence-corrected chi connectivity index (χ4v) is 1.38. The first kappa shape index (κ1) is 15.0. The molecule has 7 heteroatoms. The van der Waals surface area contributed by atoms with Gasteiger partial charge in [0.05, 0.1) is 11.3 Å². The van der Waals surface area contributed by atoms with E-state index in [1.807, 2.05) is 6.07 Å². The Morgan fingerprint density at radius 3 is 2.79 bits per heavy atom. The van der Waals surface area contributed by atoms with Gasteiger partial charge in [0, 0.05) is 12.1 Å². The minimum Gasteiger partial charge on any atom is -0.454 e. The van der Waals surface area contributed by atoms with Gasteiger partial charge in [0.1, 0.15) is 12.7 Å². The molecule has 0 atom stereocenters. The minimum atomic E-state index is -0.649. The van der Waals surface area contributed by atoms with E-state index in [1.54, 1.807) is 0 Å². The van der Waals surface area contributed by atoms with E-state index in [0.717, 1.165) is 0 Å². The van der Waals surface area contributed by atoms with Gasteiger partial charge in [-0.1, -0.05) is 11.6 Å². The van der Waals surface area contributed by atoms with Crippen LogP contribution < -0.4 is 5.32 Å². The summed E-state index contributed by atoms with van der Waals surface area (Å²) in [5, 5.41) is 11.7. The number of amides is 1. The Morgan fingerprint density at radius 1 is 1.42 bits per heavy atom. The van der Waals surface area contributed by atoms with Crippen molar-refractivity contribution in [3.8, 4) is 6.07 Å². The van der Waals surface area contributed by atoms with Gasteiger partial charge in [-0.25, -0.2) is 4.79 Å². The summed E-state index contributed by atoms with van der Waals surface area (Å²) in [5.74, 6) is -1.22. The molecule has 0 aliphatic carbocycles. The molecule has 0 aromatic heterocycles. The third-order valence-corrected chi connectivity index (χ3v) is 2.24. The number of methoxy groups -OCH3 is 1. The number of anilines is 1. The number of benzene rings is 1. The molecule has 1 rings (SSSR count). The van der Waals surface area contributed by atoms with Gasteiger partial charge in [-0.3, -0.25) is 4.79 Å². The number of nitrogens with zero attached hydrogens (tertiary/aromatic N) is 1. The lowest BCUT2D eigenvalue weighted by molar-refractivity contribution is -0.150. The topological polar surface area (TPSA) is 88.4 Å². The summed E-state index contributed by atoms with van der Waals surface area (Å²) < 4.78 is 9.17. The molecular formula is C12H11ClN2O4. The summed E-state index contributed by atoms with van der Waals surface area (Å²) in [6, 6.07) is 6.37. The Balaban J connectivity index is 2.60. The van der Waals surface area contributed by atoms with Crippen LogP contribution in [0.2, 0.25) is 5.02 Å². The largest absolute Gasteiger partial charge is 0.454 e. The summed E-state index contributed by atoms with van der Waals surface area (Å²) in [6.07, 6.45) is 0. The van der Waals surface area contributed by atoms with Crippen LogP contribution in [0.15, 0.2) is 18.2 Å². The van der Waals surface area contributed by atoms with Crippen molar-refractivity contribution in [3.63, 3.8) is 0 Å². The molecule has 0 radical (unpaired) electrons. The van der Waals surface area contributed by atoms with Gasteiger partial charge in [-0.2, -0.15) is 5.26 Å². The number of nitriles is 1. The average molecular weight is 283 g/mol. The quantitative estimate of drug-likeness (QED) is 0.823. The van der Waals surface area contributed by atoms with E-state index in [9.17, 15) is 9.59 Å². The average Bonchev–Trinajstić information content (AvgIpc) is 2.37. The van der Waals surface area contributed by atoms with Crippen molar-refractivity contribution < 1.29 is 19.1 Å². The summed E-state index contributed by atoms with van der Waals surface area (Å²) in [6.45, 7) is -0.687. The number of hydrogen-bond acceptors (Lipinski definition) is 5. The van der Waals surface area contributed by atoms with Crippen LogP contribution >= 0.6 is 11.6 Å². The van der Waals surface area contributed by atoms with Gasteiger partial charge in [0.15, 0.2) is 6.61 Å². The van der Waals surface area contributed by atoms with Crippen molar-refractivity contribution in [1.82, 2.24) is 0 Å². The zero-order valence-electron chi connectivity index (χ0n) is 10.1. The molecule has 6 nitrogen and oxygen atoms in total. The minimum absolute atomic E-state index is 0.228. The van der Waals surface area contributed by atoms with Crippen molar-refractivity contribution in [2.24, 2.45) is 0 Å². The molecule has 0 unspecified atom stereocenters. The van der Waals surface area contributed by atoms with Crippen molar-refractivity contribution in [2.75, 3.05) is 25.6 Å². The molecule has 1 aromatic rings. The Bertz CT molecular complexity index is 525. The van der Waals surface area contributed by atoms with E-state index >= 15 is 0 Å². The predicted octanol–water partition coefficient (Wildman–Crippen LogP) is 1.34. The first-order chi connectivity index (χ1) is 9.06. The van der Waals surface area contributed by atoms with Gasteiger partial charge in [-0.15, -0.1) is 0 Å². The first-order valence-electron chi connectivity index (χ1n) is 5.21. The van der Waals surface area contributed by atoms with Crippen molar-refractivity contribution in [2.45, 2.75) is 0 Å². The van der Waals surface area contributed by atoms with Crippen molar-refractivity contribution in [1.29, 1.82) is 5.26 Å². The van der Waals surface area contributed by atoms with Crippen LogP contribution in [0.4, 0.5) is 5.69 Å². The van der Waals surface area contributed by atoms with Gasteiger partial charge in [-0.05, 0) is 18.2 Å². The standard InChI is InChI=1S/C12H11ClN2O4/c1-18-7-12(17)19-6-11(16)15-10-4-9(13)3-2-8(10)5-14/h2-4H,6-7H2,1H3,(H,15,16). The second kappa shape index (κ2) is 7.36. The molecule has 0 aliphatic rings. The van der Waals surface area contributed by atoms with E-state index in [4.69, 9.17) is 16.9 Å². The van der Waals surface area contributed by atoms with Crippen LogP contribution in [0, 0.1) is 11.3 Å². The summed E-state index contributed by atoms with van der Waals surface area (Å²) in [4.78, 5) is 22.5. The zero-order valence-corrected chi connectivity index (χ0v) is 10.9. The molecule has 0 bridgehead atoms. The molecule has 0 aliphatic heterocycles. The summed E-state index contributed by atoms with van der Waals surface area (Å²) >= 11 is 5.76. The lowest BCUT2D eigenvalue weighted by atomic mass is 10.2. The van der Waals surface area contributed by atoms with Crippen LogP contribution in [0.25, 0.3) is 0 Å². The molecule has 0 spiro atoms. The van der Waals surface area contributed by atoms with Crippen LogP contribution in [-0.4, -0.2) is 32.2 Å². The maximum atomic E-state index is 11.5. The number of esters is 1. The molecule has 1 N–H and O–H groups in total. The number of nitrogens with one attached hydrogen (secondary N) is 1. The van der Waals surface area contributed by atoms with Crippen LogP contribution in [-0.2, 0) is 19.1 Å². The molecular weight excluding hydrogens is 272 g/mol. The maximum absolute atomic E-state index is 11.5. The fourth-order valence-electron chi connectivity index (χ4n) is 1.21. The Labute approximate surface area is 114 Å². The van der Waals surface area contributed by atoms with Crippen LogP contribution in [0.1, 0.15) is 5.56 Å². The number of carbonyl (C=O) groups excluding carboxylic acids is 2. The molecule has 19 heavy (non-hydrogen) atoms. The first-order valence-corrected chi connectivity index (χ1v) is 5.58. The highest BCUT2D eigenvalue weighted by atomic mass is 35.5.